The Morgan fingerprint density at radius 2 is 2.09 bits per heavy atom. The lowest BCUT2D eigenvalue weighted by atomic mass is 10.1. The van der Waals surface area contributed by atoms with Crippen molar-refractivity contribution in [1.82, 2.24) is 10.3 Å². The fraction of sp³-hybridized carbons (Fsp3) is 0.444. The van der Waals surface area contributed by atoms with Crippen LogP contribution in [0.4, 0.5) is 0 Å². The number of hydrogen-bond donors (Lipinski definition) is 1. The maximum atomic E-state index is 12.5. The van der Waals surface area contributed by atoms with E-state index in [4.69, 9.17) is 4.74 Å². The Morgan fingerprint density at radius 3 is 2.74 bits per heavy atom. The molecule has 1 heterocycles. The quantitative estimate of drug-likeness (QED) is 0.874. The number of halogens is 1. The van der Waals surface area contributed by atoms with Gasteiger partial charge in [0.25, 0.3) is 5.91 Å². The van der Waals surface area contributed by atoms with Crippen molar-refractivity contribution in [1.29, 1.82) is 0 Å². The fourth-order valence-electron chi connectivity index (χ4n) is 2.51. The number of hydrogen-bond acceptors (Lipinski definition) is 3. The Kier molecular flexibility index (Phi) is 4.32. The van der Waals surface area contributed by atoms with Gasteiger partial charge in [-0.15, -0.1) is 0 Å². The molecule has 4 nitrogen and oxygen atoms in total. The lowest BCUT2D eigenvalue weighted by molar-refractivity contribution is -0.130. The summed E-state index contributed by atoms with van der Waals surface area (Å²) in [4.78, 5) is 16.9. The summed E-state index contributed by atoms with van der Waals surface area (Å²) in [6, 6.07) is 7.73. The molecular weight excluding hydrogens is 356 g/mol. The molecule has 1 aliphatic carbocycles. The second-order valence-electron chi connectivity index (χ2n) is 7.12. The minimum atomic E-state index is -0.424. The number of rotatable bonds is 4. The Hall–Kier alpha value is -1.62. The predicted octanol–water partition coefficient (Wildman–Crippen LogP) is 4.07. The molecule has 1 fully saturated rings. The van der Waals surface area contributed by atoms with Crippen LogP contribution in [0.3, 0.4) is 0 Å². The van der Waals surface area contributed by atoms with Gasteiger partial charge in [-0.05, 0) is 73.8 Å². The van der Waals surface area contributed by atoms with E-state index < -0.39 is 6.10 Å². The molecule has 0 aliphatic heterocycles. The van der Waals surface area contributed by atoms with Gasteiger partial charge < -0.3 is 10.1 Å². The van der Waals surface area contributed by atoms with E-state index in [1.54, 1.807) is 6.20 Å². The van der Waals surface area contributed by atoms with E-state index in [1.165, 1.54) is 0 Å². The monoisotopic (exact) mass is 376 g/mol. The molecule has 1 N–H and O–H groups in total. The molecule has 2 aromatic rings. The summed E-state index contributed by atoms with van der Waals surface area (Å²) >= 11 is 3.43. The summed E-state index contributed by atoms with van der Waals surface area (Å²) in [6.45, 7) is 5.94. The topological polar surface area (TPSA) is 51.2 Å². The highest BCUT2D eigenvalue weighted by atomic mass is 79.9. The average Bonchev–Trinajstić information content (AvgIpc) is 3.26. The number of nitrogens with zero attached hydrogens (tertiary/aromatic N) is 1. The van der Waals surface area contributed by atoms with Gasteiger partial charge in [-0.1, -0.05) is 0 Å². The largest absolute Gasteiger partial charge is 0.480 e. The van der Waals surface area contributed by atoms with Gasteiger partial charge in [0.15, 0.2) is 6.10 Å². The van der Waals surface area contributed by atoms with Crippen LogP contribution in [-0.2, 0) is 4.79 Å². The lowest BCUT2D eigenvalue weighted by Crippen LogP contribution is -2.48. The average molecular weight is 377 g/mol. The molecule has 0 bridgehead atoms. The maximum Gasteiger partial charge on any atom is 0.261 e. The van der Waals surface area contributed by atoms with Crippen molar-refractivity contribution in [2.75, 3.05) is 0 Å². The summed E-state index contributed by atoms with van der Waals surface area (Å²) in [7, 11) is 0. The number of nitrogens with one attached hydrogen (secondary N) is 1. The Morgan fingerprint density at radius 1 is 1.35 bits per heavy atom. The standard InChI is InChI=1S/C18H21BrN2O2/c1-18(2,3)21-17(22)16(11-4-5-11)23-14-6-7-15-12(9-14)8-13(19)10-20-15/h6-11,16H,4-5H2,1-3H3,(H,21,22). The van der Waals surface area contributed by atoms with Crippen molar-refractivity contribution in [3.8, 4) is 5.75 Å². The summed E-state index contributed by atoms with van der Waals surface area (Å²) in [6.07, 6.45) is 3.44. The molecule has 1 amide bonds. The van der Waals surface area contributed by atoms with E-state index in [1.807, 2.05) is 45.0 Å². The zero-order valence-electron chi connectivity index (χ0n) is 13.6. The van der Waals surface area contributed by atoms with Gasteiger partial charge in [0.2, 0.25) is 0 Å². The van der Waals surface area contributed by atoms with Crippen LogP contribution in [0.1, 0.15) is 33.6 Å². The van der Waals surface area contributed by atoms with Gasteiger partial charge >= 0.3 is 0 Å². The molecule has 1 aromatic carbocycles. The molecule has 5 heteroatoms. The Labute approximate surface area is 144 Å². The van der Waals surface area contributed by atoms with E-state index in [-0.39, 0.29) is 11.4 Å². The van der Waals surface area contributed by atoms with Gasteiger partial charge in [0, 0.05) is 27.5 Å². The van der Waals surface area contributed by atoms with Crippen molar-refractivity contribution in [2.45, 2.75) is 45.3 Å². The first-order valence-electron chi connectivity index (χ1n) is 7.86. The van der Waals surface area contributed by atoms with Gasteiger partial charge in [-0.2, -0.15) is 0 Å². The lowest BCUT2D eigenvalue weighted by Gasteiger charge is -2.25. The molecule has 1 saturated carbocycles. The van der Waals surface area contributed by atoms with E-state index in [0.29, 0.717) is 11.7 Å². The molecule has 1 aromatic heterocycles. The smallest absolute Gasteiger partial charge is 0.261 e. The first-order chi connectivity index (χ1) is 10.8. The summed E-state index contributed by atoms with van der Waals surface area (Å²) in [5, 5.41) is 4.01. The van der Waals surface area contributed by atoms with Crippen LogP contribution in [0.2, 0.25) is 0 Å². The molecule has 1 unspecified atom stereocenters. The highest BCUT2D eigenvalue weighted by Crippen LogP contribution is 2.36. The number of aromatic nitrogens is 1. The molecule has 23 heavy (non-hydrogen) atoms. The number of benzene rings is 1. The van der Waals surface area contributed by atoms with Gasteiger partial charge in [0.05, 0.1) is 5.52 Å². The Balaban J connectivity index is 1.81. The maximum absolute atomic E-state index is 12.5. The van der Waals surface area contributed by atoms with Crippen molar-refractivity contribution in [2.24, 2.45) is 5.92 Å². The van der Waals surface area contributed by atoms with E-state index in [0.717, 1.165) is 28.2 Å². The predicted molar refractivity (Wildman–Crippen MR) is 94.5 cm³/mol. The first-order valence-corrected chi connectivity index (χ1v) is 8.65. The van der Waals surface area contributed by atoms with Crippen molar-refractivity contribution < 1.29 is 9.53 Å². The molecule has 1 atom stereocenters. The summed E-state index contributed by atoms with van der Waals surface area (Å²) < 4.78 is 6.96. The van der Waals surface area contributed by atoms with Crippen LogP contribution in [0.5, 0.6) is 5.75 Å². The second kappa shape index (κ2) is 6.11. The third kappa shape index (κ3) is 4.22. The van der Waals surface area contributed by atoms with Gasteiger partial charge in [-0.3, -0.25) is 9.78 Å². The SMILES string of the molecule is CC(C)(C)NC(=O)C(Oc1ccc2ncc(Br)cc2c1)C1CC1. The molecule has 122 valence electrons. The molecule has 1 aliphatic rings. The first kappa shape index (κ1) is 16.2. The molecule has 0 spiro atoms. The third-order valence-corrected chi connectivity index (χ3v) is 4.12. The number of fused-ring (bicyclic) bond motifs is 1. The Bertz CT molecular complexity index is 735. The van der Waals surface area contributed by atoms with Crippen LogP contribution in [0.25, 0.3) is 10.9 Å². The zero-order chi connectivity index (χ0) is 16.6. The van der Waals surface area contributed by atoms with Crippen LogP contribution < -0.4 is 10.1 Å². The molecule has 0 radical (unpaired) electrons. The third-order valence-electron chi connectivity index (χ3n) is 3.69. The summed E-state index contributed by atoms with van der Waals surface area (Å²) in [5.41, 5.74) is 0.647. The number of amides is 1. The van der Waals surface area contributed by atoms with Crippen LogP contribution in [0, 0.1) is 5.92 Å². The number of pyridine rings is 1. The minimum absolute atomic E-state index is 0.0348. The number of carbonyl (C=O) groups excluding carboxylic acids is 1. The van der Waals surface area contributed by atoms with Crippen LogP contribution in [0.15, 0.2) is 34.9 Å². The minimum Gasteiger partial charge on any atom is -0.480 e. The highest BCUT2D eigenvalue weighted by Gasteiger charge is 2.39. The fourth-order valence-corrected chi connectivity index (χ4v) is 2.86. The number of carbonyl (C=O) groups is 1. The van der Waals surface area contributed by atoms with Crippen molar-refractivity contribution in [3.63, 3.8) is 0 Å². The van der Waals surface area contributed by atoms with Crippen LogP contribution >= 0.6 is 15.9 Å². The number of ether oxygens (including phenoxy) is 1. The molecule has 0 saturated heterocycles. The van der Waals surface area contributed by atoms with Gasteiger partial charge in [0.1, 0.15) is 5.75 Å². The van der Waals surface area contributed by atoms with Crippen molar-refractivity contribution >= 4 is 32.7 Å². The molecule has 3 rings (SSSR count). The van der Waals surface area contributed by atoms with E-state index in [9.17, 15) is 4.79 Å². The summed E-state index contributed by atoms with van der Waals surface area (Å²) in [5.74, 6) is 0.986. The van der Waals surface area contributed by atoms with E-state index >= 15 is 0 Å². The van der Waals surface area contributed by atoms with Crippen LogP contribution in [-0.4, -0.2) is 22.5 Å². The highest BCUT2D eigenvalue weighted by molar-refractivity contribution is 9.10. The van der Waals surface area contributed by atoms with Gasteiger partial charge in [-0.25, -0.2) is 0 Å². The zero-order valence-corrected chi connectivity index (χ0v) is 15.2. The van der Waals surface area contributed by atoms with E-state index in [2.05, 4.69) is 26.2 Å². The van der Waals surface area contributed by atoms with Crippen molar-refractivity contribution in [3.05, 3.63) is 34.9 Å². The normalized spacial score (nSPS) is 16.2. The second-order valence-corrected chi connectivity index (χ2v) is 8.04. The molecular formula is C18H21BrN2O2.